The Morgan fingerprint density at radius 3 is 2.25 bits per heavy atom. The molecule has 1 amide bonds. The minimum atomic E-state index is -3.86. The minimum Gasteiger partial charge on any atom is -0.493 e. The maximum atomic E-state index is 13.2. The third kappa shape index (κ3) is 6.76. The van der Waals surface area contributed by atoms with Crippen molar-refractivity contribution in [3.8, 4) is 11.5 Å². The standard InChI is InChI=1S/C26H30N4O5S/c1-17(2)36(32,33)30-26(31)24(29-21-12-9-19(10-13-21)25(27)28)20-11-14-22(23(15-20)34-3)35-16-18-7-5-4-6-8-18/h4-15,17,24,29H,16H2,1-3H3,(H3,27,28)(H,30,31). The molecule has 0 saturated heterocycles. The highest BCUT2D eigenvalue weighted by atomic mass is 32.2. The maximum absolute atomic E-state index is 13.2. The molecule has 3 aromatic rings. The number of hydrogen-bond donors (Lipinski definition) is 4. The number of ether oxygens (including phenoxy) is 2. The molecule has 0 saturated carbocycles. The van der Waals surface area contributed by atoms with Crippen molar-refractivity contribution in [2.24, 2.45) is 5.73 Å². The van der Waals surface area contributed by atoms with E-state index in [0.29, 0.717) is 34.9 Å². The van der Waals surface area contributed by atoms with E-state index in [9.17, 15) is 13.2 Å². The van der Waals surface area contributed by atoms with Crippen LogP contribution in [0.3, 0.4) is 0 Å². The van der Waals surface area contributed by atoms with Gasteiger partial charge in [0.05, 0.1) is 12.4 Å². The third-order valence-corrected chi connectivity index (χ3v) is 7.12. The van der Waals surface area contributed by atoms with E-state index in [1.165, 1.54) is 21.0 Å². The summed E-state index contributed by atoms with van der Waals surface area (Å²) in [5.41, 5.74) is 8.01. The lowest BCUT2D eigenvalue weighted by atomic mass is 10.0. The number of amidine groups is 1. The number of nitrogen functional groups attached to an aromatic ring is 1. The van der Waals surface area contributed by atoms with E-state index in [2.05, 4.69) is 10.0 Å². The van der Waals surface area contributed by atoms with Crippen molar-refractivity contribution in [3.05, 3.63) is 89.5 Å². The lowest BCUT2D eigenvalue weighted by Gasteiger charge is -2.22. The van der Waals surface area contributed by atoms with E-state index >= 15 is 0 Å². The number of nitrogens with one attached hydrogen (secondary N) is 3. The number of rotatable bonds is 11. The van der Waals surface area contributed by atoms with Crippen molar-refractivity contribution in [1.82, 2.24) is 4.72 Å². The van der Waals surface area contributed by atoms with Crippen LogP contribution in [0.5, 0.6) is 11.5 Å². The molecule has 0 radical (unpaired) electrons. The highest BCUT2D eigenvalue weighted by Crippen LogP contribution is 2.32. The van der Waals surface area contributed by atoms with E-state index in [4.69, 9.17) is 20.6 Å². The van der Waals surface area contributed by atoms with E-state index in [1.54, 1.807) is 42.5 Å². The molecule has 3 aromatic carbocycles. The van der Waals surface area contributed by atoms with Crippen LogP contribution < -0.4 is 25.2 Å². The van der Waals surface area contributed by atoms with Gasteiger partial charge in [0, 0.05) is 11.3 Å². The van der Waals surface area contributed by atoms with Crippen molar-refractivity contribution in [3.63, 3.8) is 0 Å². The number of methoxy groups -OCH3 is 1. The van der Waals surface area contributed by atoms with Gasteiger partial charge in [-0.2, -0.15) is 0 Å². The Bertz CT molecular complexity index is 1310. The number of amides is 1. The van der Waals surface area contributed by atoms with Gasteiger partial charge in [-0.05, 0) is 61.4 Å². The zero-order valence-electron chi connectivity index (χ0n) is 20.3. The lowest BCUT2D eigenvalue weighted by molar-refractivity contribution is -0.120. The Morgan fingerprint density at radius 1 is 1.00 bits per heavy atom. The second-order valence-corrected chi connectivity index (χ2v) is 10.5. The van der Waals surface area contributed by atoms with Gasteiger partial charge in [0.2, 0.25) is 10.0 Å². The van der Waals surface area contributed by atoms with Gasteiger partial charge in [0.1, 0.15) is 18.5 Å². The van der Waals surface area contributed by atoms with Gasteiger partial charge in [-0.1, -0.05) is 36.4 Å². The topological polar surface area (TPSA) is 144 Å². The van der Waals surface area contributed by atoms with E-state index in [1.807, 2.05) is 30.3 Å². The molecule has 0 aliphatic carbocycles. The monoisotopic (exact) mass is 510 g/mol. The summed E-state index contributed by atoms with van der Waals surface area (Å²) in [6, 6.07) is 20.1. The van der Waals surface area contributed by atoms with Crippen LogP contribution in [0.2, 0.25) is 0 Å². The molecule has 0 aromatic heterocycles. The van der Waals surface area contributed by atoms with Crippen LogP contribution in [0.15, 0.2) is 72.8 Å². The van der Waals surface area contributed by atoms with Crippen molar-refractivity contribution >= 4 is 27.5 Å². The van der Waals surface area contributed by atoms with Crippen molar-refractivity contribution < 1.29 is 22.7 Å². The number of carbonyl (C=O) groups excluding carboxylic acids is 1. The molecule has 36 heavy (non-hydrogen) atoms. The predicted octanol–water partition coefficient (Wildman–Crippen LogP) is 3.57. The minimum absolute atomic E-state index is 0.0882. The number of carbonyl (C=O) groups is 1. The van der Waals surface area contributed by atoms with Gasteiger partial charge in [0.25, 0.3) is 5.91 Å². The third-order valence-electron chi connectivity index (χ3n) is 5.39. The van der Waals surface area contributed by atoms with Crippen LogP contribution in [0.25, 0.3) is 0 Å². The zero-order valence-corrected chi connectivity index (χ0v) is 21.1. The summed E-state index contributed by atoms with van der Waals surface area (Å²) in [5, 5.41) is 9.82. The van der Waals surface area contributed by atoms with Crippen molar-refractivity contribution in [2.45, 2.75) is 31.7 Å². The molecule has 1 atom stereocenters. The molecule has 3 rings (SSSR count). The summed E-state index contributed by atoms with van der Waals surface area (Å²) >= 11 is 0. The number of anilines is 1. The Balaban J connectivity index is 1.91. The summed E-state index contributed by atoms with van der Waals surface area (Å²) in [7, 11) is -2.38. The predicted molar refractivity (Wildman–Crippen MR) is 140 cm³/mol. The normalized spacial score (nSPS) is 12.0. The van der Waals surface area contributed by atoms with Gasteiger partial charge in [-0.15, -0.1) is 0 Å². The molecule has 190 valence electrons. The average Bonchev–Trinajstić information content (AvgIpc) is 2.86. The number of nitrogens with two attached hydrogens (primary N) is 1. The van der Waals surface area contributed by atoms with Gasteiger partial charge < -0.3 is 20.5 Å². The van der Waals surface area contributed by atoms with Crippen LogP contribution in [-0.4, -0.2) is 32.5 Å². The summed E-state index contributed by atoms with van der Waals surface area (Å²) in [4.78, 5) is 13.2. The molecule has 0 aliphatic rings. The van der Waals surface area contributed by atoms with Gasteiger partial charge in [-0.25, -0.2) is 8.42 Å². The zero-order chi connectivity index (χ0) is 26.3. The number of sulfonamides is 1. The van der Waals surface area contributed by atoms with Crippen molar-refractivity contribution in [2.75, 3.05) is 12.4 Å². The lowest BCUT2D eigenvalue weighted by Crippen LogP contribution is -2.40. The molecular formula is C26H30N4O5S. The number of hydrogen-bond acceptors (Lipinski definition) is 7. The first kappa shape index (κ1) is 26.6. The van der Waals surface area contributed by atoms with E-state index in [-0.39, 0.29) is 5.84 Å². The molecule has 9 nitrogen and oxygen atoms in total. The van der Waals surface area contributed by atoms with Crippen LogP contribution in [0.4, 0.5) is 5.69 Å². The van der Waals surface area contributed by atoms with Gasteiger partial charge >= 0.3 is 0 Å². The Hall–Kier alpha value is -4.05. The first-order chi connectivity index (χ1) is 17.1. The second kappa shape index (κ2) is 11.6. The molecular weight excluding hydrogens is 480 g/mol. The van der Waals surface area contributed by atoms with Gasteiger partial charge in [-0.3, -0.25) is 14.9 Å². The van der Waals surface area contributed by atoms with Crippen LogP contribution in [0.1, 0.15) is 36.6 Å². The highest BCUT2D eigenvalue weighted by Gasteiger charge is 2.28. The Labute approximate surface area is 211 Å². The summed E-state index contributed by atoms with van der Waals surface area (Å²) in [6.45, 7) is 3.30. The molecule has 0 heterocycles. The first-order valence-electron chi connectivity index (χ1n) is 11.2. The fourth-order valence-corrected chi connectivity index (χ4v) is 3.88. The first-order valence-corrected chi connectivity index (χ1v) is 12.8. The van der Waals surface area contributed by atoms with Crippen LogP contribution in [-0.2, 0) is 21.4 Å². The maximum Gasteiger partial charge on any atom is 0.260 e. The molecule has 0 fully saturated rings. The molecule has 1 unspecified atom stereocenters. The summed E-state index contributed by atoms with van der Waals surface area (Å²) < 4.78 is 38.4. The van der Waals surface area contributed by atoms with Crippen molar-refractivity contribution in [1.29, 1.82) is 5.41 Å². The Kier molecular flexibility index (Phi) is 8.55. The molecule has 0 spiro atoms. The SMILES string of the molecule is COc1cc(C(Nc2ccc(C(=N)N)cc2)C(=O)NS(=O)(=O)C(C)C)ccc1OCc1ccccc1. The van der Waals surface area contributed by atoms with E-state index < -0.39 is 27.2 Å². The van der Waals surface area contributed by atoms with Gasteiger partial charge in [0.15, 0.2) is 11.5 Å². The smallest absolute Gasteiger partial charge is 0.260 e. The van der Waals surface area contributed by atoms with Crippen LogP contribution in [0, 0.1) is 5.41 Å². The second-order valence-electron chi connectivity index (χ2n) is 8.31. The highest BCUT2D eigenvalue weighted by molar-refractivity contribution is 7.90. The fourth-order valence-electron chi connectivity index (χ4n) is 3.25. The molecule has 0 aliphatic heterocycles. The molecule has 5 N–H and O–H groups in total. The largest absolute Gasteiger partial charge is 0.493 e. The summed E-state index contributed by atoms with van der Waals surface area (Å²) in [5.74, 6) is 0.0283. The fraction of sp³-hybridized carbons (Fsp3) is 0.231. The molecule has 0 bridgehead atoms. The van der Waals surface area contributed by atoms with E-state index in [0.717, 1.165) is 5.56 Å². The Morgan fingerprint density at radius 2 is 1.67 bits per heavy atom. The number of benzene rings is 3. The molecule has 10 heteroatoms. The average molecular weight is 511 g/mol. The quantitative estimate of drug-likeness (QED) is 0.228. The van der Waals surface area contributed by atoms with Crippen LogP contribution >= 0.6 is 0 Å². The summed E-state index contributed by atoms with van der Waals surface area (Å²) in [6.07, 6.45) is 0.